The van der Waals surface area contributed by atoms with E-state index in [-0.39, 0.29) is 0 Å². The summed E-state index contributed by atoms with van der Waals surface area (Å²) < 4.78 is 0.990. The molecule has 0 aliphatic heterocycles. The van der Waals surface area contributed by atoms with Gasteiger partial charge in [0.2, 0.25) is 0 Å². The van der Waals surface area contributed by atoms with Gasteiger partial charge in [-0.1, -0.05) is 22.0 Å². The largest absolute Gasteiger partial charge is 0.368 e. The minimum atomic E-state index is 0.701. The maximum atomic E-state index is 9.09. The molecule has 2 nitrogen and oxygen atoms in total. The maximum Gasteiger partial charge on any atom is 0.101 e. The molecule has 0 N–H and O–H groups in total. The Morgan fingerprint density at radius 2 is 2.24 bits per heavy atom. The molecule has 0 amide bonds. The van der Waals surface area contributed by atoms with Gasteiger partial charge in [-0.3, -0.25) is 0 Å². The minimum Gasteiger partial charge on any atom is -0.368 e. The average Bonchev–Trinajstić information content (AvgIpc) is 2.81. The van der Waals surface area contributed by atoms with Crippen molar-refractivity contribution in [3.8, 4) is 6.07 Å². The van der Waals surface area contributed by atoms with Crippen molar-refractivity contribution in [2.24, 2.45) is 0 Å². The second-order valence-corrected chi connectivity index (χ2v) is 5.66. The Morgan fingerprint density at radius 3 is 2.88 bits per heavy atom. The van der Waals surface area contributed by atoms with Crippen LogP contribution in [0.25, 0.3) is 0 Å². The van der Waals surface area contributed by atoms with Gasteiger partial charge in [-0.05, 0) is 29.6 Å². The van der Waals surface area contributed by atoms with Crippen LogP contribution >= 0.6 is 27.3 Å². The Labute approximate surface area is 113 Å². The fraction of sp³-hybridized carbons (Fsp3) is 0.154. The van der Waals surface area contributed by atoms with Crippen LogP contribution in [0.1, 0.15) is 10.4 Å². The molecule has 0 bridgehead atoms. The van der Waals surface area contributed by atoms with Gasteiger partial charge in [0, 0.05) is 16.4 Å². The van der Waals surface area contributed by atoms with Crippen LogP contribution in [-0.2, 0) is 6.54 Å². The Bertz CT molecular complexity index is 543. The normalized spacial score (nSPS) is 9.94. The second-order valence-electron chi connectivity index (χ2n) is 3.71. The highest BCUT2D eigenvalue weighted by Crippen LogP contribution is 2.25. The first kappa shape index (κ1) is 12.2. The molecule has 2 rings (SSSR count). The van der Waals surface area contributed by atoms with Crippen molar-refractivity contribution in [3.63, 3.8) is 0 Å². The lowest BCUT2D eigenvalue weighted by molar-refractivity contribution is 0.937. The fourth-order valence-electron chi connectivity index (χ4n) is 1.64. The van der Waals surface area contributed by atoms with Gasteiger partial charge in [-0.2, -0.15) is 5.26 Å². The van der Waals surface area contributed by atoms with Gasteiger partial charge < -0.3 is 4.90 Å². The molecule has 0 unspecified atom stereocenters. The van der Waals surface area contributed by atoms with Crippen LogP contribution in [0.5, 0.6) is 0 Å². The molecular formula is C13H11BrN2S. The van der Waals surface area contributed by atoms with Gasteiger partial charge in [0.05, 0.1) is 17.8 Å². The summed E-state index contributed by atoms with van der Waals surface area (Å²) in [5.74, 6) is 0. The van der Waals surface area contributed by atoms with E-state index in [2.05, 4.69) is 38.3 Å². The van der Waals surface area contributed by atoms with E-state index in [0.29, 0.717) is 5.56 Å². The lowest BCUT2D eigenvalue weighted by Gasteiger charge is -2.20. The maximum absolute atomic E-state index is 9.09. The van der Waals surface area contributed by atoms with Gasteiger partial charge in [-0.15, -0.1) is 11.3 Å². The molecule has 0 spiro atoms. The Morgan fingerprint density at radius 1 is 1.41 bits per heavy atom. The van der Waals surface area contributed by atoms with Gasteiger partial charge in [0.1, 0.15) is 6.07 Å². The van der Waals surface area contributed by atoms with Gasteiger partial charge in [0.15, 0.2) is 0 Å². The third kappa shape index (κ3) is 2.87. The Kier molecular flexibility index (Phi) is 3.82. The SMILES string of the molecule is CN(Cc1cccs1)c1cc(Br)ccc1C#N. The molecule has 0 fully saturated rings. The van der Waals surface area contributed by atoms with E-state index in [4.69, 9.17) is 5.26 Å². The molecule has 86 valence electrons. The summed E-state index contributed by atoms with van der Waals surface area (Å²) in [5.41, 5.74) is 1.66. The number of anilines is 1. The smallest absolute Gasteiger partial charge is 0.101 e. The molecule has 4 heteroatoms. The molecule has 1 heterocycles. The van der Waals surface area contributed by atoms with Crippen molar-refractivity contribution >= 4 is 33.0 Å². The summed E-state index contributed by atoms with van der Waals surface area (Å²) in [5, 5.41) is 11.2. The van der Waals surface area contributed by atoms with Crippen molar-refractivity contribution in [1.82, 2.24) is 0 Å². The minimum absolute atomic E-state index is 0.701. The molecular weight excluding hydrogens is 296 g/mol. The topological polar surface area (TPSA) is 27.0 Å². The molecule has 0 saturated carbocycles. The zero-order valence-electron chi connectivity index (χ0n) is 9.35. The van der Waals surface area contributed by atoms with E-state index >= 15 is 0 Å². The quantitative estimate of drug-likeness (QED) is 0.856. The third-order valence-electron chi connectivity index (χ3n) is 2.46. The van der Waals surface area contributed by atoms with E-state index in [9.17, 15) is 0 Å². The molecule has 0 atom stereocenters. The van der Waals surface area contributed by atoms with Gasteiger partial charge in [0.25, 0.3) is 0 Å². The van der Waals surface area contributed by atoms with Crippen LogP contribution in [0.3, 0.4) is 0 Å². The highest BCUT2D eigenvalue weighted by atomic mass is 79.9. The first-order chi connectivity index (χ1) is 8.20. The number of nitriles is 1. The van der Waals surface area contributed by atoms with Crippen LogP contribution in [0.15, 0.2) is 40.2 Å². The molecule has 0 aliphatic rings. The monoisotopic (exact) mass is 306 g/mol. The van der Waals surface area contributed by atoms with Crippen molar-refractivity contribution in [3.05, 3.63) is 50.6 Å². The predicted octanol–water partition coefficient (Wildman–Crippen LogP) is 4.02. The van der Waals surface area contributed by atoms with Crippen LogP contribution in [0.4, 0.5) is 5.69 Å². The van der Waals surface area contributed by atoms with Crippen molar-refractivity contribution < 1.29 is 0 Å². The first-order valence-electron chi connectivity index (χ1n) is 5.14. The average molecular weight is 307 g/mol. The highest BCUT2D eigenvalue weighted by molar-refractivity contribution is 9.10. The lowest BCUT2D eigenvalue weighted by atomic mass is 10.2. The molecule has 0 aliphatic carbocycles. The number of hydrogen-bond donors (Lipinski definition) is 0. The number of nitrogens with zero attached hydrogens (tertiary/aromatic N) is 2. The predicted molar refractivity (Wildman–Crippen MR) is 75.3 cm³/mol. The Hall–Kier alpha value is -1.31. The van der Waals surface area contributed by atoms with Crippen molar-refractivity contribution in [2.75, 3.05) is 11.9 Å². The van der Waals surface area contributed by atoms with E-state index in [0.717, 1.165) is 16.7 Å². The molecule has 1 aromatic carbocycles. The van der Waals surface area contributed by atoms with E-state index < -0.39 is 0 Å². The van der Waals surface area contributed by atoms with E-state index in [1.165, 1.54) is 4.88 Å². The summed E-state index contributed by atoms with van der Waals surface area (Å²) in [6, 6.07) is 12.1. The van der Waals surface area contributed by atoms with Crippen LogP contribution < -0.4 is 4.90 Å². The number of halogens is 1. The molecule has 1 aromatic heterocycles. The molecule has 17 heavy (non-hydrogen) atoms. The lowest BCUT2D eigenvalue weighted by Crippen LogP contribution is -2.16. The molecule has 0 saturated heterocycles. The van der Waals surface area contributed by atoms with E-state index in [1.54, 1.807) is 11.3 Å². The fourth-order valence-corrected chi connectivity index (χ4v) is 2.74. The summed E-state index contributed by atoms with van der Waals surface area (Å²) in [7, 11) is 2.00. The molecule has 0 radical (unpaired) electrons. The van der Waals surface area contributed by atoms with Crippen molar-refractivity contribution in [2.45, 2.75) is 6.54 Å². The zero-order valence-corrected chi connectivity index (χ0v) is 11.8. The highest BCUT2D eigenvalue weighted by Gasteiger charge is 2.08. The van der Waals surface area contributed by atoms with E-state index in [1.807, 2.05) is 31.3 Å². The van der Waals surface area contributed by atoms with Gasteiger partial charge >= 0.3 is 0 Å². The summed E-state index contributed by atoms with van der Waals surface area (Å²) in [4.78, 5) is 3.38. The van der Waals surface area contributed by atoms with Crippen LogP contribution in [0.2, 0.25) is 0 Å². The van der Waals surface area contributed by atoms with Crippen molar-refractivity contribution in [1.29, 1.82) is 5.26 Å². The Balaban J connectivity index is 2.27. The van der Waals surface area contributed by atoms with Gasteiger partial charge in [-0.25, -0.2) is 0 Å². The number of benzene rings is 1. The van der Waals surface area contributed by atoms with Crippen LogP contribution in [-0.4, -0.2) is 7.05 Å². The number of hydrogen-bond acceptors (Lipinski definition) is 3. The molecule has 2 aromatic rings. The number of rotatable bonds is 3. The number of thiophene rings is 1. The zero-order chi connectivity index (χ0) is 12.3. The summed E-state index contributed by atoms with van der Waals surface area (Å²) in [6.45, 7) is 0.822. The summed E-state index contributed by atoms with van der Waals surface area (Å²) in [6.07, 6.45) is 0. The van der Waals surface area contributed by atoms with Crippen LogP contribution in [0, 0.1) is 11.3 Å². The summed E-state index contributed by atoms with van der Waals surface area (Å²) >= 11 is 5.17. The second kappa shape index (κ2) is 5.35. The standard InChI is InChI=1S/C13H11BrN2S/c1-16(9-12-3-2-6-17-12)13-7-11(14)5-4-10(13)8-15/h2-7H,9H2,1H3. The third-order valence-corrected chi connectivity index (χ3v) is 3.82. The first-order valence-corrected chi connectivity index (χ1v) is 6.81.